The van der Waals surface area contributed by atoms with Gasteiger partial charge in [0.25, 0.3) is 5.56 Å². The predicted molar refractivity (Wildman–Crippen MR) is 181 cm³/mol. The number of pyridine rings is 1. The van der Waals surface area contributed by atoms with Crippen molar-refractivity contribution < 1.29 is 41.0 Å². The van der Waals surface area contributed by atoms with Gasteiger partial charge < -0.3 is 19.9 Å². The number of benzene rings is 2. The number of aliphatic carboxylic acids is 1. The molecule has 1 heterocycles. The minimum absolute atomic E-state index is 0.0772. The molecule has 0 radical (unpaired) electrons. The van der Waals surface area contributed by atoms with E-state index in [4.69, 9.17) is 0 Å². The van der Waals surface area contributed by atoms with Gasteiger partial charge in [-0.15, -0.1) is 5.92 Å². The lowest BCUT2D eigenvalue weighted by Crippen LogP contribution is -2.41. The van der Waals surface area contributed by atoms with Crippen LogP contribution in [0, 0.1) is 49.1 Å². The van der Waals surface area contributed by atoms with Gasteiger partial charge in [-0.25, -0.2) is 13.2 Å². The van der Waals surface area contributed by atoms with Crippen molar-refractivity contribution in [3.8, 4) is 23.0 Å². The SMILES string of the molecule is CC#Cc1cc(F)c([C@H](CC(=O)O)NC(=O)[C@@H](CC(C)C)n2cc(C3(CN(C)C)CC3)c(C(F)(F)F)cc2=O)c(F)c1-c1c(C)cc(F)cc1C. The van der Waals surface area contributed by atoms with Crippen LogP contribution in [-0.4, -0.2) is 47.1 Å². The monoisotopic (exact) mass is 717 g/mol. The largest absolute Gasteiger partial charge is 0.481 e. The van der Waals surface area contributed by atoms with Crippen molar-refractivity contribution >= 4 is 11.9 Å². The van der Waals surface area contributed by atoms with Gasteiger partial charge in [-0.05, 0) is 100 Å². The van der Waals surface area contributed by atoms with Gasteiger partial charge in [-0.2, -0.15) is 13.2 Å². The number of halogens is 6. The van der Waals surface area contributed by atoms with Gasteiger partial charge in [0.05, 0.1) is 18.0 Å². The number of rotatable bonds is 12. The number of likely N-dealkylation sites (N-methyl/N-ethyl adjacent to an activating group) is 1. The molecule has 1 aliphatic carbocycles. The minimum Gasteiger partial charge on any atom is -0.481 e. The lowest BCUT2D eigenvalue weighted by atomic mass is 9.88. The van der Waals surface area contributed by atoms with Crippen LogP contribution in [0.3, 0.4) is 0 Å². The number of nitrogens with zero attached hydrogens (tertiary/aromatic N) is 2. The van der Waals surface area contributed by atoms with Gasteiger partial charge in [0.2, 0.25) is 5.91 Å². The number of carboxylic acids is 1. The molecule has 7 nitrogen and oxygen atoms in total. The quantitative estimate of drug-likeness (QED) is 0.150. The summed E-state index contributed by atoms with van der Waals surface area (Å²) in [5.74, 6) is -0.665. The highest BCUT2D eigenvalue weighted by atomic mass is 19.4. The third-order valence-electron chi connectivity index (χ3n) is 9.07. The number of aryl methyl sites for hydroxylation is 2. The molecule has 2 aromatic carbocycles. The molecule has 51 heavy (non-hydrogen) atoms. The highest BCUT2D eigenvalue weighted by Crippen LogP contribution is 2.52. The Morgan fingerprint density at radius 1 is 1.04 bits per heavy atom. The van der Waals surface area contributed by atoms with Crippen molar-refractivity contribution in [1.82, 2.24) is 14.8 Å². The van der Waals surface area contributed by atoms with Gasteiger partial charge in [0, 0.05) is 40.9 Å². The van der Waals surface area contributed by atoms with Crippen LogP contribution in [0.4, 0.5) is 26.3 Å². The van der Waals surface area contributed by atoms with Gasteiger partial charge in [-0.3, -0.25) is 14.4 Å². The fraction of sp³-hybridized carbons (Fsp3) is 0.447. The maximum atomic E-state index is 16.8. The Hall–Kier alpha value is -4.57. The topological polar surface area (TPSA) is 91.6 Å². The van der Waals surface area contributed by atoms with E-state index < -0.39 is 76.1 Å². The van der Waals surface area contributed by atoms with Crippen LogP contribution in [0.1, 0.15) is 91.9 Å². The fourth-order valence-corrected chi connectivity index (χ4v) is 6.92. The van der Waals surface area contributed by atoms with Crippen molar-refractivity contribution in [2.24, 2.45) is 5.92 Å². The van der Waals surface area contributed by atoms with Crippen LogP contribution in [0.15, 0.2) is 35.3 Å². The number of hydrogen-bond donors (Lipinski definition) is 2. The van der Waals surface area contributed by atoms with E-state index >= 15 is 8.78 Å². The van der Waals surface area contributed by atoms with E-state index in [1.807, 2.05) is 0 Å². The first kappa shape index (κ1) is 39.2. The van der Waals surface area contributed by atoms with Gasteiger partial charge in [-0.1, -0.05) is 19.8 Å². The molecule has 0 bridgehead atoms. The molecule has 13 heteroatoms. The van der Waals surface area contributed by atoms with Crippen molar-refractivity contribution in [3.63, 3.8) is 0 Å². The van der Waals surface area contributed by atoms with E-state index in [2.05, 4.69) is 17.2 Å². The summed E-state index contributed by atoms with van der Waals surface area (Å²) >= 11 is 0. The van der Waals surface area contributed by atoms with Crippen molar-refractivity contribution in [2.75, 3.05) is 20.6 Å². The van der Waals surface area contributed by atoms with E-state index in [9.17, 15) is 37.1 Å². The standard InChI is InChI=1S/C38H41F6N3O4/c1-8-9-23-15-27(40)34(35(41)33(23)32-21(4)13-24(39)14-22(32)5)28(17-31(49)50)45-36(51)29(12-20(2)3)47-18-26(37(10-11-37)19-46(6)7)25(16-30(47)48)38(42,43)44/h13-16,18,20,28-29H,10-12,17,19H2,1-7H3,(H,45,51)(H,49,50)/t28-,29+/m0/s1. The molecule has 1 aliphatic rings. The summed E-state index contributed by atoms with van der Waals surface area (Å²) in [6, 6.07) is 0.379. The smallest absolute Gasteiger partial charge is 0.416 e. The Labute approximate surface area is 292 Å². The lowest BCUT2D eigenvalue weighted by molar-refractivity contribution is -0.139. The minimum atomic E-state index is -4.86. The van der Waals surface area contributed by atoms with E-state index in [1.54, 1.807) is 32.8 Å². The average molecular weight is 718 g/mol. The Kier molecular flexibility index (Phi) is 11.5. The summed E-state index contributed by atoms with van der Waals surface area (Å²) in [7, 11) is 3.43. The molecule has 4 rings (SSSR count). The van der Waals surface area contributed by atoms with Crippen LogP contribution in [-0.2, 0) is 21.2 Å². The molecular weight excluding hydrogens is 676 g/mol. The number of alkyl halides is 3. The maximum Gasteiger partial charge on any atom is 0.416 e. The van der Waals surface area contributed by atoms with Crippen LogP contribution >= 0.6 is 0 Å². The number of carbonyl (C=O) groups excluding carboxylic acids is 1. The highest BCUT2D eigenvalue weighted by molar-refractivity contribution is 5.83. The van der Waals surface area contributed by atoms with Crippen LogP contribution in [0.2, 0.25) is 0 Å². The number of nitrogens with one attached hydrogen (secondary N) is 1. The molecule has 0 saturated heterocycles. The molecule has 2 atom stereocenters. The van der Waals surface area contributed by atoms with Crippen molar-refractivity contribution in [1.29, 1.82) is 0 Å². The Bertz CT molecular complexity index is 1950. The number of carbonyl (C=O) groups is 2. The van der Waals surface area contributed by atoms with E-state index in [-0.39, 0.29) is 41.1 Å². The summed E-state index contributed by atoms with van der Waals surface area (Å²) < 4.78 is 90.7. The van der Waals surface area contributed by atoms with Crippen molar-refractivity contribution in [2.45, 2.75) is 84.0 Å². The fourth-order valence-electron chi connectivity index (χ4n) is 6.92. The summed E-state index contributed by atoms with van der Waals surface area (Å²) in [6.45, 7) is 8.16. The van der Waals surface area contributed by atoms with Crippen LogP contribution < -0.4 is 10.9 Å². The number of amides is 1. The zero-order chi connectivity index (χ0) is 38.2. The summed E-state index contributed by atoms with van der Waals surface area (Å²) in [4.78, 5) is 41.3. The maximum absolute atomic E-state index is 16.8. The molecule has 3 aromatic rings. The molecular formula is C38H41F6N3O4. The second-order valence-electron chi connectivity index (χ2n) is 14.0. The molecule has 1 amide bonds. The van der Waals surface area contributed by atoms with E-state index in [1.165, 1.54) is 20.8 Å². The summed E-state index contributed by atoms with van der Waals surface area (Å²) in [6.07, 6.45) is -4.04. The van der Waals surface area contributed by atoms with Crippen LogP contribution in [0.25, 0.3) is 11.1 Å². The zero-order valence-electron chi connectivity index (χ0n) is 29.5. The summed E-state index contributed by atoms with van der Waals surface area (Å²) in [5.41, 5.74) is -3.64. The van der Waals surface area contributed by atoms with Gasteiger partial charge >= 0.3 is 12.1 Å². The van der Waals surface area contributed by atoms with Gasteiger partial charge in [0.1, 0.15) is 23.5 Å². The first-order chi connectivity index (χ1) is 23.7. The third-order valence-corrected chi connectivity index (χ3v) is 9.07. The van der Waals surface area contributed by atoms with Crippen LogP contribution in [0.5, 0.6) is 0 Å². The number of carboxylic acid groups (broad SMARTS) is 1. The van der Waals surface area contributed by atoms with E-state index in [0.717, 1.165) is 29.0 Å². The molecule has 1 saturated carbocycles. The first-order valence-electron chi connectivity index (χ1n) is 16.4. The Morgan fingerprint density at radius 3 is 2.14 bits per heavy atom. The van der Waals surface area contributed by atoms with E-state index in [0.29, 0.717) is 30.0 Å². The Morgan fingerprint density at radius 2 is 1.65 bits per heavy atom. The average Bonchev–Trinajstić information content (AvgIpc) is 3.75. The molecule has 0 aliphatic heterocycles. The molecule has 2 N–H and O–H groups in total. The second kappa shape index (κ2) is 15.0. The summed E-state index contributed by atoms with van der Waals surface area (Å²) in [5, 5.41) is 12.2. The predicted octanol–water partition coefficient (Wildman–Crippen LogP) is 7.45. The van der Waals surface area contributed by atoms with Gasteiger partial charge in [0.15, 0.2) is 0 Å². The molecule has 274 valence electrons. The van der Waals surface area contributed by atoms with Crippen molar-refractivity contribution in [3.05, 3.63) is 91.6 Å². The molecule has 0 spiro atoms. The first-order valence-corrected chi connectivity index (χ1v) is 16.4. The number of aromatic nitrogens is 1. The third kappa shape index (κ3) is 8.50. The number of hydrogen-bond acceptors (Lipinski definition) is 4. The molecule has 0 unspecified atom stereocenters. The highest BCUT2D eigenvalue weighted by Gasteiger charge is 2.50. The second-order valence-corrected chi connectivity index (χ2v) is 14.0. The lowest BCUT2D eigenvalue weighted by Gasteiger charge is -2.29. The normalized spacial score (nSPS) is 15.0. The molecule has 1 aromatic heterocycles. The molecule has 1 fully saturated rings. The Balaban J connectivity index is 1.91. The zero-order valence-corrected chi connectivity index (χ0v) is 29.5.